The Labute approximate surface area is 158 Å². The van der Waals surface area contributed by atoms with Crippen molar-refractivity contribution < 1.29 is 21.7 Å². The van der Waals surface area contributed by atoms with Crippen molar-refractivity contribution in [1.82, 2.24) is 9.67 Å². The number of azo groups is 1. The molecule has 0 aliphatic heterocycles. The Morgan fingerprint density at radius 3 is 2.32 bits per heavy atom. The molecule has 0 aliphatic rings. The van der Waals surface area contributed by atoms with Gasteiger partial charge in [-0.05, 0) is 34.8 Å². The number of hydrogen-bond acceptors (Lipinski definition) is 4. The number of hydrogen-bond donors (Lipinski definition) is 0. The second-order valence-electron chi connectivity index (χ2n) is 5.70. The summed E-state index contributed by atoms with van der Waals surface area (Å²) < 4.78 is 3.67. The van der Waals surface area contributed by atoms with Crippen LogP contribution < -0.4 is 26.6 Å². The van der Waals surface area contributed by atoms with Crippen molar-refractivity contribution in [2.45, 2.75) is 6.54 Å². The molecule has 7 heteroatoms. The second kappa shape index (κ2) is 8.53. The van der Waals surface area contributed by atoms with Crippen LogP contribution in [-0.4, -0.2) is 16.7 Å². The molecule has 3 rings (SSSR count). The zero-order valence-electron chi connectivity index (χ0n) is 14.5. The van der Waals surface area contributed by atoms with Gasteiger partial charge in [0.1, 0.15) is 7.05 Å². The van der Waals surface area contributed by atoms with Gasteiger partial charge in [-0.3, -0.25) is 0 Å². The molecule has 0 N–H and O–H groups in total. The minimum Gasteiger partial charge on any atom is -1.00 e. The van der Waals surface area contributed by atoms with E-state index in [2.05, 4.69) is 63.6 Å². The van der Waals surface area contributed by atoms with Crippen LogP contribution in [0, 0.1) is 0 Å². The van der Waals surface area contributed by atoms with E-state index in [1.165, 1.54) is 5.56 Å². The lowest BCUT2D eigenvalue weighted by atomic mass is 10.2. The van der Waals surface area contributed by atoms with Crippen LogP contribution in [0.25, 0.3) is 0 Å². The Morgan fingerprint density at radius 1 is 1.04 bits per heavy atom. The summed E-state index contributed by atoms with van der Waals surface area (Å²) in [6, 6.07) is 18.4. The molecule has 0 spiro atoms. The molecule has 3 aromatic rings. The molecule has 1 heterocycles. The first-order chi connectivity index (χ1) is 11.6. The molecule has 0 unspecified atom stereocenters. The van der Waals surface area contributed by atoms with Gasteiger partial charge in [-0.25, -0.2) is 0 Å². The van der Waals surface area contributed by atoms with E-state index in [4.69, 9.17) is 0 Å². The molecule has 0 amide bonds. The van der Waals surface area contributed by atoms with Crippen molar-refractivity contribution in [2.75, 3.05) is 11.9 Å². The van der Waals surface area contributed by atoms with Gasteiger partial charge < -0.3 is 21.9 Å². The maximum Gasteiger partial charge on any atom is 0.394 e. The van der Waals surface area contributed by atoms with Crippen LogP contribution in [0.1, 0.15) is 5.56 Å². The predicted octanol–water partition coefficient (Wildman–Crippen LogP) is 0.300. The number of rotatable bonds is 5. The number of aryl methyl sites for hydroxylation is 1. The number of nitrogens with zero attached hydrogens (tertiary/aromatic N) is 6. The second-order valence-corrected chi connectivity index (χ2v) is 5.70. The molecule has 6 nitrogen and oxygen atoms in total. The molecule has 0 bridgehead atoms. The molecule has 1 aromatic heterocycles. The van der Waals surface area contributed by atoms with E-state index in [1.807, 2.05) is 41.7 Å². The maximum atomic E-state index is 4.24. The van der Waals surface area contributed by atoms with Gasteiger partial charge >= 0.3 is 12.3 Å². The highest BCUT2D eigenvalue weighted by molar-refractivity contribution is 5.52. The summed E-state index contributed by atoms with van der Waals surface area (Å²) in [5, 5.41) is 8.43. The Balaban J connectivity index is 0.00000225. The van der Waals surface area contributed by atoms with Crippen LogP contribution in [0.4, 0.5) is 17.3 Å². The highest BCUT2D eigenvalue weighted by Gasteiger charge is 2.09. The van der Waals surface area contributed by atoms with Crippen molar-refractivity contribution in [3.8, 4) is 0 Å². The zero-order valence-corrected chi connectivity index (χ0v) is 16.1. The lowest BCUT2D eigenvalue weighted by molar-refractivity contribution is -0.751. The molecule has 0 saturated carbocycles. The molecule has 25 heavy (non-hydrogen) atoms. The smallest absolute Gasteiger partial charge is 0.394 e. The number of halogens is 1. The number of anilines is 1. The summed E-state index contributed by atoms with van der Waals surface area (Å²) in [7, 11) is 5.88. The van der Waals surface area contributed by atoms with Crippen molar-refractivity contribution in [1.29, 1.82) is 0 Å². The lowest BCUT2D eigenvalue weighted by Crippen LogP contribution is -3.00. The fourth-order valence-corrected chi connectivity index (χ4v) is 2.35. The summed E-state index contributed by atoms with van der Waals surface area (Å²) in [5.41, 5.74) is 3.23. The summed E-state index contributed by atoms with van der Waals surface area (Å²) in [6.07, 6.45) is 1.70. The van der Waals surface area contributed by atoms with E-state index >= 15 is 0 Å². The molecule has 0 saturated heterocycles. The lowest BCUT2D eigenvalue weighted by Gasteiger charge is -2.19. The van der Waals surface area contributed by atoms with Crippen LogP contribution in [0.2, 0.25) is 0 Å². The number of benzene rings is 2. The highest BCUT2D eigenvalue weighted by atomic mass is 79.9. The summed E-state index contributed by atoms with van der Waals surface area (Å²) in [6.45, 7) is 0.867. The van der Waals surface area contributed by atoms with E-state index in [1.54, 1.807) is 6.33 Å². The van der Waals surface area contributed by atoms with E-state index in [0.717, 1.165) is 17.9 Å². The average Bonchev–Trinajstić information content (AvgIpc) is 2.93. The first-order valence-electron chi connectivity index (χ1n) is 7.78. The van der Waals surface area contributed by atoms with Crippen molar-refractivity contribution in [3.05, 3.63) is 66.5 Å². The molecule has 0 aliphatic carbocycles. The van der Waals surface area contributed by atoms with Crippen molar-refractivity contribution in [2.24, 2.45) is 24.3 Å². The molecular weight excluding hydrogens is 380 g/mol. The van der Waals surface area contributed by atoms with Crippen LogP contribution in [0.5, 0.6) is 0 Å². The van der Waals surface area contributed by atoms with Gasteiger partial charge in [0.15, 0.2) is 0 Å². The third kappa shape index (κ3) is 4.73. The third-order valence-electron chi connectivity index (χ3n) is 3.91. The summed E-state index contributed by atoms with van der Waals surface area (Å²) in [4.78, 5) is 6.38. The molecule has 2 aromatic carbocycles. The minimum atomic E-state index is 0. The van der Waals surface area contributed by atoms with Gasteiger partial charge in [-0.15, -0.1) is 5.11 Å². The average molecular weight is 401 g/mol. The molecule has 0 atom stereocenters. The van der Waals surface area contributed by atoms with Gasteiger partial charge in [0, 0.05) is 19.3 Å². The van der Waals surface area contributed by atoms with E-state index in [0.29, 0.717) is 5.95 Å². The molecule has 130 valence electrons. The third-order valence-corrected chi connectivity index (χ3v) is 3.91. The van der Waals surface area contributed by atoms with Crippen LogP contribution in [-0.2, 0) is 20.6 Å². The zero-order chi connectivity index (χ0) is 16.9. The minimum absolute atomic E-state index is 0. The molecule has 0 fully saturated rings. The monoisotopic (exact) mass is 400 g/mol. The topological polar surface area (TPSA) is 49.7 Å². The first-order valence-corrected chi connectivity index (χ1v) is 7.78. The van der Waals surface area contributed by atoms with E-state index < -0.39 is 0 Å². The Bertz CT molecular complexity index is 827. The first kappa shape index (κ1) is 18.8. The highest BCUT2D eigenvalue weighted by Crippen LogP contribution is 2.21. The van der Waals surface area contributed by atoms with E-state index in [9.17, 15) is 0 Å². The fourth-order valence-electron chi connectivity index (χ4n) is 2.35. The fraction of sp³-hybridized carbons (Fsp3) is 0.222. The SMILES string of the molecule is CN(Cc1ccccc1)c1ccc(N=Nc2nc[n+](C)n2C)cc1.[Br-]. The van der Waals surface area contributed by atoms with Crippen LogP contribution >= 0.6 is 0 Å². The van der Waals surface area contributed by atoms with Gasteiger partial charge in [0.25, 0.3) is 0 Å². The normalized spacial score (nSPS) is 10.7. The molecule has 0 radical (unpaired) electrons. The van der Waals surface area contributed by atoms with Gasteiger partial charge in [0.05, 0.1) is 12.7 Å². The molecular formula is C18H21BrN6. The van der Waals surface area contributed by atoms with Crippen LogP contribution in [0.15, 0.2) is 71.2 Å². The van der Waals surface area contributed by atoms with Gasteiger partial charge in [-0.2, -0.15) is 9.36 Å². The van der Waals surface area contributed by atoms with Crippen molar-refractivity contribution >= 4 is 17.3 Å². The Hall–Kier alpha value is -2.54. The van der Waals surface area contributed by atoms with E-state index in [-0.39, 0.29) is 17.0 Å². The van der Waals surface area contributed by atoms with Crippen LogP contribution in [0.3, 0.4) is 0 Å². The quantitative estimate of drug-likeness (QED) is 0.456. The standard InChI is InChI=1S/C18H21N6.BrH/c1-22(13-15-7-5-4-6-8-15)17-11-9-16(10-12-17)20-21-18-19-14-23(2)24(18)3;/h4-12,14H,13H2,1-3H3;1H/q+1;/p-1. The Morgan fingerprint density at radius 2 is 1.72 bits per heavy atom. The number of aromatic nitrogens is 3. The van der Waals surface area contributed by atoms with Crippen molar-refractivity contribution in [3.63, 3.8) is 0 Å². The Kier molecular flexibility index (Phi) is 6.41. The van der Waals surface area contributed by atoms with Gasteiger partial charge in [0.2, 0.25) is 0 Å². The summed E-state index contributed by atoms with van der Waals surface area (Å²) in [5.74, 6) is 0.572. The largest absolute Gasteiger partial charge is 1.00 e. The summed E-state index contributed by atoms with van der Waals surface area (Å²) >= 11 is 0. The van der Waals surface area contributed by atoms with Gasteiger partial charge in [-0.1, -0.05) is 35.4 Å². The predicted molar refractivity (Wildman–Crippen MR) is 93.6 cm³/mol. The maximum absolute atomic E-state index is 4.24.